The zero-order valence-electron chi connectivity index (χ0n) is 15.9. The van der Waals surface area contributed by atoms with Gasteiger partial charge in [0.1, 0.15) is 5.75 Å². The molecule has 0 aromatic heterocycles. The highest BCUT2D eigenvalue weighted by Gasteiger charge is 2.13. The number of nitrogens with zero attached hydrogens (tertiary/aromatic N) is 1. The Morgan fingerprint density at radius 2 is 1.61 bits per heavy atom. The molecule has 0 bridgehead atoms. The monoisotopic (exact) mass is 382 g/mol. The number of anilines is 1. The Hall–Kier alpha value is -3.68. The summed E-state index contributed by atoms with van der Waals surface area (Å²) in [6, 6.07) is 12.2. The van der Waals surface area contributed by atoms with Crippen molar-refractivity contribution in [1.29, 1.82) is 0 Å². The average molecular weight is 382 g/mol. The Kier molecular flexibility index (Phi) is 6.86. The van der Waals surface area contributed by atoms with Gasteiger partial charge in [0.2, 0.25) is 0 Å². The second kappa shape index (κ2) is 9.31. The van der Waals surface area contributed by atoms with Crippen LogP contribution in [0.15, 0.2) is 47.6 Å². The van der Waals surface area contributed by atoms with E-state index in [0.717, 1.165) is 11.1 Å². The molecule has 0 atom stereocenters. The first-order chi connectivity index (χ1) is 13.2. The first kappa shape index (κ1) is 20.6. The average Bonchev–Trinajstić information content (AvgIpc) is 2.63. The number of nitrogens with one attached hydrogen (secondary N) is 2. The number of hydrogen-bond acceptors (Lipinski definition) is 5. The first-order valence-corrected chi connectivity index (χ1v) is 8.50. The summed E-state index contributed by atoms with van der Waals surface area (Å²) in [6.45, 7) is 5.28. The van der Waals surface area contributed by atoms with Crippen molar-refractivity contribution in [3.05, 3.63) is 59.2 Å². The van der Waals surface area contributed by atoms with Gasteiger partial charge in [-0.25, -0.2) is 5.43 Å². The predicted octanol–water partition coefficient (Wildman–Crippen LogP) is 1.65. The molecule has 146 valence electrons. The van der Waals surface area contributed by atoms with E-state index in [0.29, 0.717) is 22.7 Å². The summed E-state index contributed by atoms with van der Waals surface area (Å²) in [7, 11) is 0. The second-order valence-electron chi connectivity index (χ2n) is 6.25. The molecule has 0 saturated carbocycles. The molecule has 0 heterocycles. The van der Waals surface area contributed by atoms with E-state index in [-0.39, 0.29) is 6.61 Å². The maximum Gasteiger partial charge on any atom is 0.329 e. The Morgan fingerprint density at radius 3 is 2.18 bits per heavy atom. The van der Waals surface area contributed by atoms with E-state index in [1.807, 2.05) is 19.9 Å². The molecule has 2 aromatic rings. The number of carbonyl (C=O) groups is 3. The van der Waals surface area contributed by atoms with Crippen molar-refractivity contribution in [1.82, 2.24) is 5.43 Å². The minimum atomic E-state index is -0.875. The van der Waals surface area contributed by atoms with Crippen molar-refractivity contribution in [3.63, 3.8) is 0 Å². The molecule has 0 saturated heterocycles. The number of amides is 3. The molecule has 0 unspecified atom stereocenters. The Morgan fingerprint density at radius 1 is 1.00 bits per heavy atom. The summed E-state index contributed by atoms with van der Waals surface area (Å²) < 4.78 is 5.17. The minimum absolute atomic E-state index is 0.210. The third-order valence-electron chi connectivity index (χ3n) is 3.66. The van der Waals surface area contributed by atoms with Crippen LogP contribution in [0.2, 0.25) is 0 Å². The standard InChI is InChI=1S/C20H22N4O4/c1-12-8-13(2)10-16(9-12)22-19(26)20(27)24-23-14(3)15-4-6-17(7-5-15)28-11-18(21)25/h4-10H,11H2,1-3H3,(H2,21,25)(H,22,26)(H,24,27)/b23-14+. The van der Waals surface area contributed by atoms with Crippen LogP contribution in [-0.2, 0) is 14.4 Å². The fraction of sp³-hybridized carbons (Fsp3) is 0.200. The molecule has 3 amide bonds. The summed E-state index contributed by atoms with van der Waals surface area (Å²) >= 11 is 0. The quantitative estimate of drug-likeness (QED) is 0.399. The lowest BCUT2D eigenvalue weighted by Crippen LogP contribution is -2.33. The molecule has 2 aromatic carbocycles. The number of benzene rings is 2. The van der Waals surface area contributed by atoms with Crippen molar-refractivity contribution < 1.29 is 19.1 Å². The van der Waals surface area contributed by atoms with Gasteiger partial charge in [-0.1, -0.05) is 6.07 Å². The number of carbonyl (C=O) groups excluding carboxylic acids is 3. The number of nitrogens with two attached hydrogens (primary N) is 1. The van der Waals surface area contributed by atoms with Crippen molar-refractivity contribution >= 4 is 29.1 Å². The molecular weight excluding hydrogens is 360 g/mol. The topological polar surface area (TPSA) is 123 Å². The van der Waals surface area contributed by atoms with Crippen LogP contribution in [0.1, 0.15) is 23.6 Å². The summed E-state index contributed by atoms with van der Waals surface area (Å²) in [4.78, 5) is 34.7. The van der Waals surface area contributed by atoms with Crippen LogP contribution in [0.25, 0.3) is 0 Å². The highest BCUT2D eigenvalue weighted by atomic mass is 16.5. The Balaban J connectivity index is 1.94. The smallest absolute Gasteiger partial charge is 0.329 e. The van der Waals surface area contributed by atoms with E-state index in [4.69, 9.17) is 10.5 Å². The summed E-state index contributed by atoms with van der Waals surface area (Å²) in [6.07, 6.45) is 0. The largest absolute Gasteiger partial charge is 0.484 e. The molecule has 8 nitrogen and oxygen atoms in total. The highest BCUT2D eigenvalue weighted by molar-refractivity contribution is 6.39. The number of ether oxygens (including phenoxy) is 1. The molecule has 28 heavy (non-hydrogen) atoms. The van der Waals surface area contributed by atoms with E-state index in [1.54, 1.807) is 43.3 Å². The van der Waals surface area contributed by atoms with Crippen molar-refractivity contribution in [2.75, 3.05) is 11.9 Å². The van der Waals surface area contributed by atoms with Gasteiger partial charge < -0.3 is 15.8 Å². The van der Waals surface area contributed by atoms with Gasteiger partial charge in [0.15, 0.2) is 6.61 Å². The van der Waals surface area contributed by atoms with E-state index in [2.05, 4.69) is 15.8 Å². The highest BCUT2D eigenvalue weighted by Crippen LogP contribution is 2.14. The second-order valence-corrected chi connectivity index (χ2v) is 6.25. The number of hydrogen-bond donors (Lipinski definition) is 3. The zero-order chi connectivity index (χ0) is 20.7. The molecule has 2 rings (SSSR count). The number of aryl methyl sites for hydroxylation is 2. The Bertz CT molecular complexity index is 900. The van der Waals surface area contributed by atoms with Crippen LogP contribution >= 0.6 is 0 Å². The number of hydrazone groups is 1. The SMILES string of the molecule is C/C(=N\NC(=O)C(=O)Nc1cc(C)cc(C)c1)c1ccc(OCC(N)=O)cc1. The van der Waals surface area contributed by atoms with Crippen molar-refractivity contribution in [3.8, 4) is 5.75 Å². The van der Waals surface area contributed by atoms with Gasteiger partial charge in [0.25, 0.3) is 5.91 Å². The van der Waals surface area contributed by atoms with Crippen molar-refractivity contribution in [2.45, 2.75) is 20.8 Å². The van der Waals surface area contributed by atoms with Gasteiger partial charge in [0.05, 0.1) is 5.71 Å². The lowest BCUT2D eigenvalue weighted by molar-refractivity contribution is -0.136. The predicted molar refractivity (Wildman–Crippen MR) is 106 cm³/mol. The fourth-order valence-electron chi connectivity index (χ4n) is 2.43. The lowest BCUT2D eigenvalue weighted by atomic mass is 10.1. The van der Waals surface area contributed by atoms with E-state index in [1.165, 1.54) is 0 Å². The normalized spacial score (nSPS) is 10.9. The maximum atomic E-state index is 12.0. The molecule has 0 fully saturated rings. The van der Waals surface area contributed by atoms with Crippen LogP contribution in [0.5, 0.6) is 5.75 Å². The molecule has 0 aliphatic rings. The first-order valence-electron chi connectivity index (χ1n) is 8.50. The van der Waals surface area contributed by atoms with E-state index in [9.17, 15) is 14.4 Å². The molecule has 4 N–H and O–H groups in total. The Labute approximate surface area is 162 Å². The zero-order valence-corrected chi connectivity index (χ0v) is 15.9. The van der Waals surface area contributed by atoms with Gasteiger partial charge in [-0.3, -0.25) is 14.4 Å². The van der Waals surface area contributed by atoms with Crippen molar-refractivity contribution in [2.24, 2.45) is 10.8 Å². The van der Waals surface area contributed by atoms with E-state index < -0.39 is 17.7 Å². The van der Waals surface area contributed by atoms with Crippen LogP contribution in [0.3, 0.4) is 0 Å². The van der Waals surface area contributed by atoms with Crippen LogP contribution in [0, 0.1) is 13.8 Å². The lowest BCUT2D eigenvalue weighted by Gasteiger charge is -2.07. The fourth-order valence-corrected chi connectivity index (χ4v) is 2.43. The molecule has 0 radical (unpaired) electrons. The molecular formula is C20H22N4O4. The summed E-state index contributed by atoms with van der Waals surface area (Å²) in [5.74, 6) is -1.77. The minimum Gasteiger partial charge on any atom is -0.484 e. The number of rotatable bonds is 6. The molecule has 0 spiro atoms. The van der Waals surface area contributed by atoms with Gasteiger partial charge >= 0.3 is 11.8 Å². The van der Waals surface area contributed by atoms with E-state index >= 15 is 0 Å². The van der Waals surface area contributed by atoms with Gasteiger partial charge in [-0.2, -0.15) is 5.10 Å². The van der Waals surface area contributed by atoms with Crippen LogP contribution in [-0.4, -0.2) is 30.0 Å². The van der Waals surface area contributed by atoms with Gasteiger partial charge in [-0.15, -0.1) is 0 Å². The van der Waals surface area contributed by atoms with Crippen LogP contribution in [0.4, 0.5) is 5.69 Å². The summed E-state index contributed by atoms with van der Waals surface area (Å²) in [5, 5.41) is 6.48. The van der Waals surface area contributed by atoms with Crippen LogP contribution < -0.4 is 21.2 Å². The van der Waals surface area contributed by atoms with Gasteiger partial charge in [-0.05, 0) is 73.9 Å². The maximum absolute atomic E-state index is 12.0. The molecule has 0 aliphatic heterocycles. The van der Waals surface area contributed by atoms with Gasteiger partial charge in [0, 0.05) is 5.69 Å². The summed E-state index contributed by atoms with van der Waals surface area (Å²) in [5.41, 5.74) is 11.0. The molecule has 0 aliphatic carbocycles. The number of primary amides is 1. The third-order valence-corrected chi connectivity index (χ3v) is 3.66. The third kappa shape index (κ3) is 6.24. The molecule has 8 heteroatoms.